The van der Waals surface area contributed by atoms with Gasteiger partial charge in [0.05, 0.1) is 11.6 Å². The van der Waals surface area contributed by atoms with Gasteiger partial charge in [-0.2, -0.15) is 0 Å². The number of aromatic nitrogens is 1. The Kier molecular flexibility index (Phi) is 3.23. The summed E-state index contributed by atoms with van der Waals surface area (Å²) in [6, 6.07) is 3.02. The van der Waals surface area contributed by atoms with Crippen molar-refractivity contribution in [3.8, 4) is 0 Å². The van der Waals surface area contributed by atoms with Gasteiger partial charge in [-0.1, -0.05) is 13.8 Å². The standard InChI is InChI=1S/C15H17N3O3/c1-9(2)13(19)17-7-5-10(8-17)18-14(20)11-4-3-6-16-12(11)15(18)21/h3-4,6,9-10H,5,7-8H2,1-2H3. The highest BCUT2D eigenvalue weighted by Crippen LogP contribution is 2.27. The first-order chi connectivity index (χ1) is 10.0. The lowest BCUT2D eigenvalue weighted by Crippen LogP contribution is -2.43. The Bertz CT molecular complexity index is 591. The Morgan fingerprint density at radius 2 is 2.10 bits per heavy atom. The molecule has 0 spiro atoms. The maximum absolute atomic E-state index is 12.4. The summed E-state index contributed by atoms with van der Waals surface area (Å²) in [5.41, 5.74) is 0.576. The van der Waals surface area contributed by atoms with Gasteiger partial charge in [-0.05, 0) is 18.6 Å². The summed E-state index contributed by atoms with van der Waals surface area (Å²) in [6.45, 7) is 4.70. The van der Waals surface area contributed by atoms with E-state index in [9.17, 15) is 14.4 Å². The highest BCUT2D eigenvalue weighted by atomic mass is 16.2. The minimum absolute atomic E-state index is 0.0623. The van der Waals surface area contributed by atoms with E-state index in [1.165, 1.54) is 11.1 Å². The SMILES string of the molecule is CC(C)C(=O)N1CCC(N2C(=O)c3cccnc3C2=O)C1. The second-order valence-electron chi connectivity index (χ2n) is 5.76. The first-order valence-corrected chi connectivity index (χ1v) is 7.12. The fraction of sp³-hybridized carbons (Fsp3) is 0.467. The van der Waals surface area contributed by atoms with Crippen LogP contribution in [0.15, 0.2) is 18.3 Å². The maximum atomic E-state index is 12.4. The monoisotopic (exact) mass is 287 g/mol. The summed E-state index contributed by atoms with van der Waals surface area (Å²) >= 11 is 0. The molecule has 21 heavy (non-hydrogen) atoms. The van der Waals surface area contributed by atoms with Crippen LogP contribution in [0.2, 0.25) is 0 Å². The van der Waals surface area contributed by atoms with Gasteiger partial charge < -0.3 is 4.90 Å². The zero-order chi connectivity index (χ0) is 15.1. The number of carbonyl (C=O) groups is 3. The Balaban J connectivity index is 1.80. The second-order valence-corrected chi connectivity index (χ2v) is 5.76. The van der Waals surface area contributed by atoms with E-state index in [4.69, 9.17) is 0 Å². The number of imide groups is 1. The summed E-state index contributed by atoms with van der Waals surface area (Å²) in [5, 5.41) is 0. The molecule has 0 aliphatic carbocycles. The van der Waals surface area contributed by atoms with E-state index >= 15 is 0 Å². The molecule has 3 heterocycles. The zero-order valence-electron chi connectivity index (χ0n) is 12.1. The van der Waals surface area contributed by atoms with Crippen LogP contribution in [0.1, 0.15) is 41.1 Å². The predicted molar refractivity (Wildman–Crippen MR) is 74.6 cm³/mol. The van der Waals surface area contributed by atoms with Crippen molar-refractivity contribution in [1.29, 1.82) is 0 Å². The van der Waals surface area contributed by atoms with Crippen molar-refractivity contribution in [2.75, 3.05) is 13.1 Å². The van der Waals surface area contributed by atoms with Crippen molar-refractivity contribution in [2.24, 2.45) is 5.92 Å². The van der Waals surface area contributed by atoms with E-state index in [-0.39, 0.29) is 35.4 Å². The van der Waals surface area contributed by atoms with Crippen LogP contribution in [-0.4, -0.2) is 51.6 Å². The van der Waals surface area contributed by atoms with Crippen LogP contribution in [0.3, 0.4) is 0 Å². The molecule has 0 bridgehead atoms. The normalized spacial score (nSPS) is 21.4. The Morgan fingerprint density at radius 1 is 1.33 bits per heavy atom. The van der Waals surface area contributed by atoms with Crippen LogP contribution < -0.4 is 0 Å². The van der Waals surface area contributed by atoms with E-state index < -0.39 is 0 Å². The van der Waals surface area contributed by atoms with Gasteiger partial charge in [-0.3, -0.25) is 24.3 Å². The van der Waals surface area contributed by atoms with Gasteiger partial charge in [0.1, 0.15) is 5.69 Å². The van der Waals surface area contributed by atoms with Gasteiger partial charge in [0.25, 0.3) is 11.8 Å². The number of hydrogen-bond donors (Lipinski definition) is 0. The van der Waals surface area contributed by atoms with E-state index in [2.05, 4.69) is 4.98 Å². The average Bonchev–Trinajstić information content (AvgIpc) is 3.03. The number of rotatable bonds is 2. The number of carbonyl (C=O) groups excluding carboxylic acids is 3. The lowest BCUT2D eigenvalue weighted by molar-refractivity contribution is -0.133. The van der Waals surface area contributed by atoms with Gasteiger partial charge in [0.2, 0.25) is 5.91 Å². The van der Waals surface area contributed by atoms with Crippen LogP contribution in [0.25, 0.3) is 0 Å². The Hall–Kier alpha value is -2.24. The highest BCUT2D eigenvalue weighted by molar-refractivity contribution is 6.20. The summed E-state index contributed by atoms with van der Waals surface area (Å²) in [5.74, 6) is -0.661. The fourth-order valence-corrected chi connectivity index (χ4v) is 2.93. The van der Waals surface area contributed by atoms with Crippen molar-refractivity contribution in [2.45, 2.75) is 26.3 Å². The van der Waals surface area contributed by atoms with Gasteiger partial charge in [0.15, 0.2) is 0 Å². The number of likely N-dealkylation sites (tertiary alicyclic amines) is 1. The van der Waals surface area contributed by atoms with E-state index in [1.807, 2.05) is 13.8 Å². The van der Waals surface area contributed by atoms with E-state index in [0.29, 0.717) is 25.1 Å². The fourth-order valence-electron chi connectivity index (χ4n) is 2.93. The molecule has 1 saturated heterocycles. The minimum atomic E-state index is -0.348. The quantitative estimate of drug-likeness (QED) is 0.759. The third-order valence-electron chi connectivity index (χ3n) is 4.01. The molecule has 2 aliphatic heterocycles. The van der Waals surface area contributed by atoms with Gasteiger partial charge >= 0.3 is 0 Å². The molecule has 2 aliphatic rings. The number of fused-ring (bicyclic) bond motifs is 1. The first-order valence-electron chi connectivity index (χ1n) is 7.12. The lowest BCUT2D eigenvalue weighted by atomic mass is 10.2. The number of amides is 3. The molecule has 0 radical (unpaired) electrons. The largest absolute Gasteiger partial charge is 0.340 e. The lowest BCUT2D eigenvalue weighted by Gasteiger charge is -2.23. The zero-order valence-corrected chi connectivity index (χ0v) is 12.1. The van der Waals surface area contributed by atoms with Crippen molar-refractivity contribution >= 4 is 17.7 Å². The molecular formula is C15H17N3O3. The highest BCUT2D eigenvalue weighted by Gasteiger charge is 2.43. The molecule has 0 saturated carbocycles. The Morgan fingerprint density at radius 3 is 2.76 bits per heavy atom. The molecule has 3 rings (SSSR count). The molecule has 6 nitrogen and oxygen atoms in total. The molecule has 6 heteroatoms. The van der Waals surface area contributed by atoms with Crippen LogP contribution in [-0.2, 0) is 4.79 Å². The summed E-state index contributed by atoms with van der Waals surface area (Å²) in [4.78, 5) is 43.7. The molecule has 0 N–H and O–H groups in total. The van der Waals surface area contributed by atoms with Crippen molar-refractivity contribution in [1.82, 2.24) is 14.8 Å². The van der Waals surface area contributed by atoms with Gasteiger partial charge in [-0.25, -0.2) is 0 Å². The average molecular weight is 287 g/mol. The van der Waals surface area contributed by atoms with E-state index in [0.717, 1.165) is 0 Å². The molecule has 110 valence electrons. The van der Waals surface area contributed by atoms with Gasteiger partial charge in [0, 0.05) is 25.2 Å². The molecule has 0 aromatic carbocycles. The van der Waals surface area contributed by atoms with Crippen LogP contribution >= 0.6 is 0 Å². The molecule has 1 aromatic rings. The maximum Gasteiger partial charge on any atom is 0.280 e. The summed E-state index contributed by atoms with van der Waals surface area (Å²) in [7, 11) is 0. The van der Waals surface area contributed by atoms with Crippen LogP contribution in [0, 0.1) is 5.92 Å². The summed E-state index contributed by atoms with van der Waals surface area (Å²) in [6.07, 6.45) is 2.14. The van der Waals surface area contributed by atoms with Crippen LogP contribution in [0.5, 0.6) is 0 Å². The molecule has 1 aromatic heterocycles. The number of nitrogens with zero attached hydrogens (tertiary/aromatic N) is 3. The van der Waals surface area contributed by atoms with Gasteiger partial charge in [-0.15, -0.1) is 0 Å². The predicted octanol–water partition coefficient (Wildman–Crippen LogP) is 0.935. The molecule has 1 atom stereocenters. The molecule has 3 amide bonds. The minimum Gasteiger partial charge on any atom is -0.340 e. The van der Waals surface area contributed by atoms with Crippen molar-refractivity contribution < 1.29 is 14.4 Å². The first kappa shape index (κ1) is 13.7. The van der Waals surface area contributed by atoms with Crippen LogP contribution in [0.4, 0.5) is 0 Å². The Labute approximate surface area is 122 Å². The summed E-state index contributed by atoms with van der Waals surface area (Å²) < 4.78 is 0. The van der Waals surface area contributed by atoms with Crippen molar-refractivity contribution in [3.05, 3.63) is 29.6 Å². The smallest absolute Gasteiger partial charge is 0.280 e. The number of pyridine rings is 1. The molecule has 1 fully saturated rings. The third-order valence-corrected chi connectivity index (χ3v) is 4.01. The topological polar surface area (TPSA) is 70.6 Å². The molecular weight excluding hydrogens is 270 g/mol. The second kappa shape index (κ2) is 4.95. The third kappa shape index (κ3) is 2.11. The van der Waals surface area contributed by atoms with E-state index in [1.54, 1.807) is 17.0 Å². The van der Waals surface area contributed by atoms with Crippen molar-refractivity contribution in [3.63, 3.8) is 0 Å². The molecule has 1 unspecified atom stereocenters. The number of hydrogen-bond acceptors (Lipinski definition) is 4.